The molecule has 0 heterocycles. The fourth-order valence-electron chi connectivity index (χ4n) is 1.71. The van der Waals surface area contributed by atoms with Gasteiger partial charge in [0.25, 0.3) is 0 Å². The monoisotopic (exact) mass is 332 g/mol. The molecule has 0 aliphatic rings. The lowest BCUT2D eigenvalue weighted by Crippen LogP contribution is -2.21. The van der Waals surface area contributed by atoms with Crippen molar-refractivity contribution >= 4 is 29.0 Å². The first-order chi connectivity index (χ1) is 10.3. The molecule has 22 heavy (non-hydrogen) atoms. The van der Waals surface area contributed by atoms with Gasteiger partial charge in [0.05, 0.1) is 11.3 Å². The highest BCUT2D eigenvalue weighted by molar-refractivity contribution is 6.30. The van der Waals surface area contributed by atoms with Gasteiger partial charge in [0.2, 0.25) is 0 Å². The van der Waals surface area contributed by atoms with E-state index in [-0.39, 0.29) is 10.7 Å². The summed E-state index contributed by atoms with van der Waals surface area (Å²) in [4.78, 5) is 11.7. The normalized spacial score (nSPS) is 11.1. The number of carbonyl (C=O) groups is 1. The maximum absolute atomic E-state index is 13.0. The quantitative estimate of drug-likeness (QED) is 0.734. The minimum Gasteiger partial charge on any atom is -0.308 e. The molecular formula is C14H9ClF4N2O. The van der Waals surface area contributed by atoms with Crippen molar-refractivity contribution in [2.45, 2.75) is 6.18 Å². The van der Waals surface area contributed by atoms with Crippen LogP contribution in [0.25, 0.3) is 0 Å². The van der Waals surface area contributed by atoms with Gasteiger partial charge >= 0.3 is 12.2 Å². The average molecular weight is 333 g/mol. The van der Waals surface area contributed by atoms with Crippen molar-refractivity contribution in [3.05, 3.63) is 58.9 Å². The standard InChI is InChI=1S/C14H9ClF4N2O/c15-8-4-5-12(11(6-8)14(17,18)19)21-13(22)20-10-3-1-2-9(16)7-10/h1-7H,(H2,20,21,22). The molecule has 8 heteroatoms. The topological polar surface area (TPSA) is 41.1 Å². The lowest BCUT2D eigenvalue weighted by Gasteiger charge is -2.14. The molecule has 0 spiro atoms. The van der Waals surface area contributed by atoms with Gasteiger partial charge in [-0.05, 0) is 36.4 Å². The van der Waals surface area contributed by atoms with E-state index in [4.69, 9.17) is 11.6 Å². The summed E-state index contributed by atoms with van der Waals surface area (Å²) in [6.45, 7) is 0. The largest absolute Gasteiger partial charge is 0.418 e. The van der Waals surface area contributed by atoms with Crippen LogP contribution in [0.3, 0.4) is 0 Å². The Morgan fingerprint density at radius 2 is 1.77 bits per heavy atom. The third kappa shape index (κ3) is 4.11. The Morgan fingerprint density at radius 3 is 2.41 bits per heavy atom. The molecule has 2 amide bonds. The first-order valence-corrected chi connectivity index (χ1v) is 6.34. The summed E-state index contributed by atoms with van der Waals surface area (Å²) >= 11 is 5.54. The van der Waals surface area contributed by atoms with E-state index in [1.807, 2.05) is 0 Å². The van der Waals surface area contributed by atoms with Crippen molar-refractivity contribution in [1.29, 1.82) is 0 Å². The van der Waals surface area contributed by atoms with Crippen LogP contribution < -0.4 is 10.6 Å². The lowest BCUT2D eigenvalue weighted by molar-refractivity contribution is -0.136. The molecule has 0 bridgehead atoms. The Bertz CT molecular complexity index is 703. The number of benzene rings is 2. The van der Waals surface area contributed by atoms with Crippen molar-refractivity contribution in [3.63, 3.8) is 0 Å². The molecule has 0 aromatic heterocycles. The number of hydrogen-bond acceptors (Lipinski definition) is 1. The number of hydrogen-bond donors (Lipinski definition) is 2. The molecule has 0 radical (unpaired) electrons. The SMILES string of the molecule is O=C(Nc1cccc(F)c1)Nc1ccc(Cl)cc1C(F)(F)F. The minimum absolute atomic E-state index is 0.108. The molecule has 2 rings (SSSR count). The number of alkyl halides is 3. The minimum atomic E-state index is -4.67. The van der Waals surface area contributed by atoms with Gasteiger partial charge in [-0.3, -0.25) is 0 Å². The van der Waals surface area contributed by atoms with E-state index in [1.54, 1.807) is 0 Å². The van der Waals surface area contributed by atoms with Gasteiger partial charge in [-0.15, -0.1) is 0 Å². The van der Waals surface area contributed by atoms with Crippen LogP contribution in [0.5, 0.6) is 0 Å². The highest BCUT2D eigenvalue weighted by Crippen LogP contribution is 2.36. The number of rotatable bonds is 2. The number of amides is 2. The van der Waals surface area contributed by atoms with Crippen molar-refractivity contribution in [2.24, 2.45) is 0 Å². The van der Waals surface area contributed by atoms with E-state index < -0.39 is 29.3 Å². The van der Waals surface area contributed by atoms with Gasteiger partial charge in [0, 0.05) is 10.7 Å². The Kier molecular flexibility index (Phi) is 4.56. The summed E-state index contributed by atoms with van der Waals surface area (Å²) in [5.41, 5.74) is -1.42. The molecular weight excluding hydrogens is 324 g/mol. The van der Waals surface area contributed by atoms with E-state index in [9.17, 15) is 22.4 Å². The molecule has 3 nitrogen and oxygen atoms in total. The van der Waals surface area contributed by atoms with Crippen molar-refractivity contribution < 1.29 is 22.4 Å². The smallest absolute Gasteiger partial charge is 0.308 e. The summed E-state index contributed by atoms with van der Waals surface area (Å²) < 4.78 is 51.6. The fraction of sp³-hybridized carbons (Fsp3) is 0.0714. The van der Waals surface area contributed by atoms with E-state index in [2.05, 4.69) is 10.6 Å². The van der Waals surface area contributed by atoms with Crippen LogP contribution >= 0.6 is 11.6 Å². The Balaban J connectivity index is 2.18. The van der Waals surface area contributed by atoms with Crippen LogP contribution in [0, 0.1) is 5.82 Å². The lowest BCUT2D eigenvalue weighted by atomic mass is 10.1. The van der Waals surface area contributed by atoms with Crippen molar-refractivity contribution in [3.8, 4) is 0 Å². The summed E-state index contributed by atoms with van der Waals surface area (Å²) in [5, 5.41) is 4.19. The first kappa shape index (κ1) is 16.1. The first-order valence-electron chi connectivity index (χ1n) is 5.96. The van der Waals surface area contributed by atoms with E-state index in [0.717, 1.165) is 12.1 Å². The fourth-order valence-corrected chi connectivity index (χ4v) is 1.88. The predicted octanol–water partition coefficient (Wildman–Crippen LogP) is 5.14. The van der Waals surface area contributed by atoms with Crippen LogP contribution in [0.4, 0.5) is 33.7 Å². The summed E-state index contributed by atoms with van der Waals surface area (Å²) in [7, 11) is 0. The zero-order chi connectivity index (χ0) is 16.3. The van der Waals surface area contributed by atoms with Crippen molar-refractivity contribution in [2.75, 3.05) is 10.6 Å². The maximum atomic E-state index is 13.0. The Hall–Kier alpha value is -2.28. The van der Waals surface area contributed by atoms with E-state index in [0.29, 0.717) is 6.07 Å². The van der Waals surface area contributed by atoms with Crippen LogP contribution in [0.15, 0.2) is 42.5 Å². The van der Waals surface area contributed by atoms with Gasteiger partial charge in [0.1, 0.15) is 5.82 Å². The van der Waals surface area contributed by atoms with E-state index >= 15 is 0 Å². The zero-order valence-electron chi connectivity index (χ0n) is 10.8. The second-order valence-electron chi connectivity index (χ2n) is 4.28. The summed E-state index contributed by atoms with van der Waals surface area (Å²) in [6.07, 6.45) is -4.67. The van der Waals surface area contributed by atoms with Gasteiger partial charge in [0.15, 0.2) is 0 Å². The molecule has 2 aromatic rings. The number of urea groups is 1. The molecule has 0 fully saturated rings. The second kappa shape index (κ2) is 6.23. The van der Waals surface area contributed by atoms with Crippen LogP contribution in [-0.2, 0) is 6.18 Å². The molecule has 2 N–H and O–H groups in total. The van der Waals surface area contributed by atoms with Crippen LogP contribution in [0.2, 0.25) is 5.02 Å². The molecule has 116 valence electrons. The summed E-state index contributed by atoms with van der Waals surface area (Å²) in [6, 6.07) is 6.99. The van der Waals surface area contributed by atoms with Gasteiger partial charge in [-0.1, -0.05) is 17.7 Å². The molecule has 0 saturated heterocycles. The van der Waals surface area contributed by atoms with Crippen LogP contribution in [0.1, 0.15) is 5.56 Å². The van der Waals surface area contributed by atoms with Gasteiger partial charge < -0.3 is 10.6 Å². The third-order valence-corrected chi connectivity index (χ3v) is 2.85. The number of carbonyl (C=O) groups excluding carboxylic acids is 1. The van der Waals surface area contributed by atoms with Gasteiger partial charge in [-0.25, -0.2) is 9.18 Å². The number of anilines is 2. The average Bonchev–Trinajstić information content (AvgIpc) is 2.39. The van der Waals surface area contributed by atoms with E-state index in [1.165, 1.54) is 24.3 Å². The Morgan fingerprint density at radius 1 is 1.05 bits per heavy atom. The number of nitrogens with one attached hydrogen (secondary N) is 2. The van der Waals surface area contributed by atoms with Gasteiger partial charge in [-0.2, -0.15) is 13.2 Å². The highest BCUT2D eigenvalue weighted by Gasteiger charge is 2.34. The molecule has 0 unspecified atom stereocenters. The maximum Gasteiger partial charge on any atom is 0.418 e. The number of halogens is 5. The highest BCUT2D eigenvalue weighted by atomic mass is 35.5. The second-order valence-corrected chi connectivity index (χ2v) is 4.71. The predicted molar refractivity (Wildman–Crippen MR) is 75.5 cm³/mol. The van der Waals surface area contributed by atoms with Crippen LogP contribution in [-0.4, -0.2) is 6.03 Å². The zero-order valence-corrected chi connectivity index (χ0v) is 11.6. The Labute approximate surface area is 127 Å². The summed E-state index contributed by atoms with van der Waals surface area (Å²) in [5.74, 6) is -0.583. The molecule has 0 atom stereocenters. The molecule has 0 aliphatic carbocycles. The third-order valence-electron chi connectivity index (χ3n) is 2.62. The molecule has 0 saturated carbocycles. The van der Waals surface area contributed by atoms with Crippen molar-refractivity contribution in [1.82, 2.24) is 0 Å². The molecule has 0 aliphatic heterocycles. The molecule has 2 aromatic carbocycles.